The van der Waals surface area contributed by atoms with Crippen LogP contribution in [0.1, 0.15) is 25.5 Å². The number of nitrogens with one attached hydrogen (secondary N) is 1. The van der Waals surface area contributed by atoms with Crippen LogP contribution in [0.15, 0.2) is 24.5 Å². The first-order valence-electron chi connectivity index (χ1n) is 6.94. The first-order chi connectivity index (χ1) is 9.27. The highest BCUT2D eigenvalue weighted by Crippen LogP contribution is 2.22. The van der Waals surface area contributed by atoms with Gasteiger partial charge < -0.3 is 15.1 Å². The number of carbonyl (C=O) groups is 1. The number of nitrogens with zero attached hydrogens (tertiary/aromatic N) is 3. The standard InChI is InChI=1S/C14H22N4O/c1-3-17(4-2)14(19)18-10-9-16-11-13(18)12-5-7-15-8-6-12/h5-8,13,16H,3-4,9-11H2,1-2H3. The van der Waals surface area contributed by atoms with Crippen molar-refractivity contribution in [3.05, 3.63) is 30.1 Å². The summed E-state index contributed by atoms with van der Waals surface area (Å²) in [4.78, 5) is 20.4. The fourth-order valence-electron chi connectivity index (χ4n) is 2.49. The lowest BCUT2D eigenvalue weighted by molar-refractivity contribution is 0.124. The molecule has 0 aliphatic carbocycles. The van der Waals surface area contributed by atoms with Gasteiger partial charge in [-0.15, -0.1) is 0 Å². The van der Waals surface area contributed by atoms with E-state index in [2.05, 4.69) is 10.3 Å². The van der Waals surface area contributed by atoms with E-state index in [1.165, 1.54) is 0 Å². The maximum atomic E-state index is 12.6. The smallest absolute Gasteiger partial charge is 0.320 e. The van der Waals surface area contributed by atoms with E-state index in [1.54, 1.807) is 12.4 Å². The van der Waals surface area contributed by atoms with Crippen molar-refractivity contribution in [1.82, 2.24) is 20.1 Å². The fourth-order valence-corrected chi connectivity index (χ4v) is 2.49. The molecule has 1 atom stereocenters. The lowest BCUT2D eigenvalue weighted by Crippen LogP contribution is -2.53. The predicted molar refractivity (Wildman–Crippen MR) is 74.9 cm³/mol. The molecule has 1 aliphatic heterocycles. The number of aromatic nitrogens is 1. The van der Waals surface area contributed by atoms with E-state index < -0.39 is 0 Å². The normalized spacial score (nSPS) is 19.3. The summed E-state index contributed by atoms with van der Waals surface area (Å²) in [6, 6.07) is 4.21. The number of hydrogen-bond donors (Lipinski definition) is 1. The van der Waals surface area contributed by atoms with Crippen LogP contribution in [0, 0.1) is 0 Å². The van der Waals surface area contributed by atoms with Crippen LogP contribution >= 0.6 is 0 Å². The van der Waals surface area contributed by atoms with Crippen LogP contribution in [0.3, 0.4) is 0 Å². The minimum atomic E-state index is 0.102. The Hall–Kier alpha value is -1.62. The van der Waals surface area contributed by atoms with Crippen molar-refractivity contribution in [2.75, 3.05) is 32.7 Å². The molecule has 5 heteroatoms. The number of urea groups is 1. The summed E-state index contributed by atoms with van der Waals surface area (Å²) in [6.45, 7) is 7.95. The number of carbonyl (C=O) groups excluding carboxylic acids is 1. The molecule has 0 aromatic carbocycles. The maximum absolute atomic E-state index is 12.6. The first-order valence-corrected chi connectivity index (χ1v) is 6.94. The van der Waals surface area contributed by atoms with E-state index in [0.717, 1.165) is 38.3 Å². The van der Waals surface area contributed by atoms with E-state index >= 15 is 0 Å². The molecule has 1 unspecified atom stereocenters. The molecule has 2 heterocycles. The summed E-state index contributed by atoms with van der Waals surface area (Å²) in [7, 11) is 0. The monoisotopic (exact) mass is 262 g/mol. The third-order valence-electron chi connectivity index (χ3n) is 3.61. The molecule has 104 valence electrons. The van der Waals surface area contributed by atoms with E-state index in [9.17, 15) is 4.79 Å². The molecule has 1 aromatic rings. The summed E-state index contributed by atoms with van der Waals surface area (Å²) in [5.74, 6) is 0. The van der Waals surface area contributed by atoms with Crippen molar-refractivity contribution >= 4 is 6.03 Å². The van der Waals surface area contributed by atoms with E-state index in [-0.39, 0.29) is 12.1 Å². The Bertz CT molecular complexity index is 405. The average Bonchev–Trinajstić information content (AvgIpc) is 2.49. The van der Waals surface area contributed by atoms with Crippen LogP contribution in [0.2, 0.25) is 0 Å². The van der Waals surface area contributed by atoms with Gasteiger partial charge >= 0.3 is 6.03 Å². The SMILES string of the molecule is CCN(CC)C(=O)N1CCNCC1c1ccncc1. The zero-order valence-electron chi connectivity index (χ0n) is 11.7. The molecular weight excluding hydrogens is 240 g/mol. The van der Waals surface area contributed by atoms with Gasteiger partial charge in [-0.2, -0.15) is 0 Å². The first kappa shape index (κ1) is 13.8. The number of hydrogen-bond acceptors (Lipinski definition) is 3. The van der Waals surface area contributed by atoms with Crippen molar-refractivity contribution in [3.63, 3.8) is 0 Å². The van der Waals surface area contributed by atoms with Crippen molar-refractivity contribution in [1.29, 1.82) is 0 Å². The summed E-state index contributed by atoms with van der Waals surface area (Å²) in [5, 5.41) is 3.36. The molecule has 0 bridgehead atoms. The molecule has 2 rings (SSSR count). The van der Waals surface area contributed by atoms with Gasteiger partial charge in [-0.3, -0.25) is 4.98 Å². The molecule has 5 nitrogen and oxygen atoms in total. The Kier molecular flexibility index (Phi) is 4.74. The van der Waals surface area contributed by atoms with Gasteiger partial charge in [0, 0.05) is 45.1 Å². The summed E-state index contributed by atoms with van der Waals surface area (Å²) >= 11 is 0. The molecule has 2 amide bonds. The third kappa shape index (κ3) is 3.04. The average molecular weight is 262 g/mol. The molecule has 19 heavy (non-hydrogen) atoms. The van der Waals surface area contributed by atoms with E-state index in [0.29, 0.717) is 0 Å². The van der Waals surface area contributed by atoms with Crippen LogP contribution in [-0.4, -0.2) is 53.5 Å². The van der Waals surface area contributed by atoms with Crippen LogP contribution < -0.4 is 5.32 Å². The van der Waals surface area contributed by atoms with Crippen LogP contribution in [0.25, 0.3) is 0 Å². The van der Waals surface area contributed by atoms with Gasteiger partial charge in [-0.25, -0.2) is 4.79 Å². The van der Waals surface area contributed by atoms with Crippen LogP contribution in [-0.2, 0) is 0 Å². The number of amides is 2. The van der Waals surface area contributed by atoms with Gasteiger partial charge in [-0.1, -0.05) is 0 Å². The lowest BCUT2D eigenvalue weighted by atomic mass is 10.1. The summed E-state index contributed by atoms with van der Waals surface area (Å²) in [6.07, 6.45) is 3.56. The van der Waals surface area contributed by atoms with Crippen LogP contribution in [0.4, 0.5) is 4.79 Å². The molecule has 1 aromatic heterocycles. The molecule has 1 N–H and O–H groups in total. The zero-order valence-corrected chi connectivity index (χ0v) is 11.7. The highest BCUT2D eigenvalue weighted by Gasteiger charge is 2.29. The molecular formula is C14H22N4O. The highest BCUT2D eigenvalue weighted by molar-refractivity contribution is 5.75. The number of pyridine rings is 1. The number of rotatable bonds is 3. The second-order valence-electron chi connectivity index (χ2n) is 4.65. The quantitative estimate of drug-likeness (QED) is 0.898. The van der Waals surface area contributed by atoms with Gasteiger partial charge in [0.05, 0.1) is 6.04 Å². The minimum Gasteiger partial charge on any atom is -0.325 e. The van der Waals surface area contributed by atoms with Gasteiger partial charge in [0.15, 0.2) is 0 Å². The fraction of sp³-hybridized carbons (Fsp3) is 0.571. The third-order valence-corrected chi connectivity index (χ3v) is 3.61. The Labute approximate surface area is 114 Å². The second-order valence-corrected chi connectivity index (χ2v) is 4.65. The van der Waals surface area contributed by atoms with Crippen molar-refractivity contribution in [2.45, 2.75) is 19.9 Å². The molecule has 1 fully saturated rings. The van der Waals surface area contributed by atoms with Gasteiger partial charge in [0.2, 0.25) is 0 Å². The van der Waals surface area contributed by atoms with Crippen LogP contribution in [0.5, 0.6) is 0 Å². The van der Waals surface area contributed by atoms with Gasteiger partial charge in [0.25, 0.3) is 0 Å². The summed E-state index contributed by atoms with van der Waals surface area (Å²) in [5.41, 5.74) is 1.14. The van der Waals surface area contributed by atoms with Crippen molar-refractivity contribution in [2.24, 2.45) is 0 Å². The molecule has 1 saturated heterocycles. The Morgan fingerprint density at radius 3 is 2.74 bits per heavy atom. The molecule has 0 saturated carbocycles. The Balaban J connectivity index is 2.19. The topological polar surface area (TPSA) is 48.5 Å². The largest absolute Gasteiger partial charge is 0.325 e. The van der Waals surface area contributed by atoms with Crippen molar-refractivity contribution < 1.29 is 4.79 Å². The number of piperazine rings is 1. The van der Waals surface area contributed by atoms with E-state index in [4.69, 9.17) is 0 Å². The van der Waals surface area contributed by atoms with Gasteiger partial charge in [0.1, 0.15) is 0 Å². The lowest BCUT2D eigenvalue weighted by Gasteiger charge is -2.39. The van der Waals surface area contributed by atoms with Crippen molar-refractivity contribution in [3.8, 4) is 0 Å². The Morgan fingerprint density at radius 1 is 1.42 bits per heavy atom. The molecule has 0 spiro atoms. The molecule has 1 aliphatic rings. The predicted octanol–water partition coefficient (Wildman–Crippen LogP) is 1.49. The van der Waals surface area contributed by atoms with E-state index in [1.807, 2.05) is 35.8 Å². The summed E-state index contributed by atoms with van der Waals surface area (Å²) < 4.78 is 0. The highest BCUT2D eigenvalue weighted by atomic mass is 16.2. The molecule has 0 radical (unpaired) electrons. The van der Waals surface area contributed by atoms with Gasteiger partial charge in [-0.05, 0) is 31.5 Å². The Morgan fingerprint density at radius 2 is 2.11 bits per heavy atom. The zero-order chi connectivity index (χ0) is 13.7. The minimum absolute atomic E-state index is 0.102. The second kappa shape index (κ2) is 6.52. The maximum Gasteiger partial charge on any atom is 0.320 e.